The lowest BCUT2D eigenvalue weighted by Gasteiger charge is -2.21. The highest BCUT2D eigenvalue weighted by atomic mass is 16.5. The van der Waals surface area contributed by atoms with Crippen LogP contribution in [0.4, 0.5) is 5.69 Å². The summed E-state index contributed by atoms with van der Waals surface area (Å²) in [6.07, 6.45) is 2.97. The molecule has 7 nitrogen and oxygen atoms in total. The molecule has 0 N–H and O–H groups in total. The Morgan fingerprint density at radius 3 is 2.40 bits per heavy atom. The van der Waals surface area contributed by atoms with E-state index < -0.39 is 18.5 Å². The Kier molecular flexibility index (Phi) is 8.45. The fraction of sp³-hybridized carbons (Fsp3) is 0.261. The van der Waals surface area contributed by atoms with Gasteiger partial charge in [-0.15, -0.1) is 0 Å². The normalized spacial score (nSPS) is 10.3. The number of hydrogen-bond acceptors (Lipinski definition) is 6. The van der Waals surface area contributed by atoms with Gasteiger partial charge in [0.15, 0.2) is 18.1 Å². The van der Waals surface area contributed by atoms with Crippen LogP contribution in [0.3, 0.4) is 0 Å². The Hall–Kier alpha value is -3.79. The van der Waals surface area contributed by atoms with Gasteiger partial charge in [0.1, 0.15) is 0 Å². The van der Waals surface area contributed by atoms with E-state index in [-0.39, 0.29) is 13.0 Å². The van der Waals surface area contributed by atoms with Crippen molar-refractivity contribution in [1.29, 1.82) is 5.26 Å². The Bertz CT molecular complexity index is 945. The molecule has 1 amide bonds. The van der Waals surface area contributed by atoms with Crippen molar-refractivity contribution in [3.8, 4) is 17.6 Å². The highest BCUT2D eigenvalue weighted by Gasteiger charge is 2.17. The van der Waals surface area contributed by atoms with E-state index in [2.05, 4.69) is 0 Å². The van der Waals surface area contributed by atoms with Crippen molar-refractivity contribution >= 4 is 23.6 Å². The van der Waals surface area contributed by atoms with Crippen molar-refractivity contribution in [3.63, 3.8) is 0 Å². The molecule has 0 saturated carbocycles. The van der Waals surface area contributed by atoms with E-state index in [0.717, 1.165) is 5.56 Å². The first-order chi connectivity index (χ1) is 14.5. The van der Waals surface area contributed by atoms with Crippen LogP contribution >= 0.6 is 0 Å². The number of amides is 1. The van der Waals surface area contributed by atoms with Crippen LogP contribution in [0.5, 0.6) is 11.5 Å². The topological polar surface area (TPSA) is 88.9 Å². The molecule has 0 fully saturated rings. The summed E-state index contributed by atoms with van der Waals surface area (Å²) >= 11 is 0. The van der Waals surface area contributed by atoms with Gasteiger partial charge in [0.2, 0.25) is 0 Å². The molecule has 0 atom stereocenters. The molecule has 0 aromatic heterocycles. The lowest BCUT2D eigenvalue weighted by Crippen LogP contribution is -2.35. The summed E-state index contributed by atoms with van der Waals surface area (Å²) in [6.45, 7) is 1.74. The minimum absolute atomic E-state index is 0.173. The van der Waals surface area contributed by atoms with Crippen LogP contribution < -0.4 is 14.4 Å². The zero-order valence-corrected chi connectivity index (χ0v) is 17.3. The lowest BCUT2D eigenvalue weighted by atomic mass is 10.2. The number of benzene rings is 2. The minimum atomic E-state index is -0.651. The van der Waals surface area contributed by atoms with Gasteiger partial charge >= 0.3 is 5.97 Å². The first-order valence-electron chi connectivity index (χ1n) is 9.29. The predicted molar refractivity (Wildman–Crippen MR) is 113 cm³/mol. The lowest BCUT2D eigenvalue weighted by molar-refractivity contribution is -0.142. The number of rotatable bonds is 9. The van der Waals surface area contributed by atoms with Crippen molar-refractivity contribution < 1.29 is 23.8 Å². The zero-order chi connectivity index (χ0) is 21.9. The molecule has 0 saturated heterocycles. The summed E-state index contributed by atoms with van der Waals surface area (Å²) in [5.74, 6) is 0.0649. The molecule has 2 rings (SSSR count). The molecule has 0 aliphatic rings. The number of nitriles is 1. The van der Waals surface area contributed by atoms with Crippen molar-refractivity contribution in [1.82, 2.24) is 0 Å². The molecule has 0 unspecified atom stereocenters. The molecule has 0 spiro atoms. The third-order valence-electron chi connectivity index (χ3n) is 4.25. The first kappa shape index (κ1) is 22.5. The molecule has 0 heterocycles. The molecule has 0 radical (unpaired) electrons. The minimum Gasteiger partial charge on any atom is -0.493 e. The third-order valence-corrected chi connectivity index (χ3v) is 4.25. The Labute approximate surface area is 176 Å². The number of carbonyl (C=O) groups excluding carboxylic acids is 2. The van der Waals surface area contributed by atoms with Gasteiger partial charge in [-0.1, -0.05) is 23.8 Å². The quantitative estimate of drug-likeness (QED) is 0.466. The average molecular weight is 408 g/mol. The van der Waals surface area contributed by atoms with Gasteiger partial charge in [0.05, 0.1) is 26.7 Å². The van der Waals surface area contributed by atoms with Gasteiger partial charge in [-0.05, 0) is 42.8 Å². The number of anilines is 1. The molecule has 0 aliphatic heterocycles. The van der Waals surface area contributed by atoms with Crippen LogP contribution in [0.2, 0.25) is 0 Å². The first-order valence-corrected chi connectivity index (χ1v) is 9.29. The van der Waals surface area contributed by atoms with Crippen molar-refractivity contribution in [3.05, 3.63) is 59.7 Å². The van der Waals surface area contributed by atoms with E-state index in [4.69, 9.17) is 19.5 Å². The van der Waals surface area contributed by atoms with Crippen LogP contribution in [-0.2, 0) is 14.3 Å². The fourth-order valence-electron chi connectivity index (χ4n) is 2.66. The van der Waals surface area contributed by atoms with E-state index in [1.807, 2.05) is 25.1 Å². The highest BCUT2D eigenvalue weighted by molar-refractivity contribution is 5.96. The summed E-state index contributed by atoms with van der Waals surface area (Å²) in [5, 5.41) is 8.86. The Morgan fingerprint density at radius 1 is 1.07 bits per heavy atom. The molecule has 2 aromatic rings. The summed E-state index contributed by atoms with van der Waals surface area (Å²) in [7, 11) is 3.07. The number of ether oxygens (including phenoxy) is 3. The fourth-order valence-corrected chi connectivity index (χ4v) is 2.66. The smallest absolute Gasteiger partial charge is 0.331 e. The monoisotopic (exact) mass is 408 g/mol. The van der Waals surface area contributed by atoms with Crippen LogP contribution in [0.25, 0.3) is 6.08 Å². The van der Waals surface area contributed by atoms with Crippen LogP contribution in [0.1, 0.15) is 17.5 Å². The molecule has 0 aliphatic carbocycles. The second kappa shape index (κ2) is 11.3. The van der Waals surface area contributed by atoms with Crippen LogP contribution in [0, 0.1) is 18.3 Å². The Balaban J connectivity index is 1.99. The molecule has 7 heteroatoms. The van der Waals surface area contributed by atoms with Crippen LogP contribution in [-0.4, -0.2) is 39.2 Å². The van der Waals surface area contributed by atoms with E-state index in [9.17, 15) is 9.59 Å². The summed E-state index contributed by atoms with van der Waals surface area (Å²) in [5.41, 5.74) is 2.42. The molecular formula is C23H24N2O5. The number of hydrogen-bond donors (Lipinski definition) is 0. The van der Waals surface area contributed by atoms with Gasteiger partial charge in [-0.3, -0.25) is 4.79 Å². The van der Waals surface area contributed by atoms with Gasteiger partial charge in [-0.25, -0.2) is 4.79 Å². The van der Waals surface area contributed by atoms with E-state index in [1.54, 1.807) is 36.4 Å². The van der Waals surface area contributed by atoms with Gasteiger partial charge < -0.3 is 19.1 Å². The SMILES string of the molecule is COc1ccc(C=CC(=O)OCC(=O)N(CCC#N)c2ccc(C)cc2)cc1OC. The van der Waals surface area contributed by atoms with Gasteiger partial charge in [-0.2, -0.15) is 5.26 Å². The standard InChI is InChI=1S/C23H24N2O5/c1-17-5-9-19(10-6-17)25(14-4-13-24)22(26)16-30-23(27)12-8-18-7-11-20(28-2)21(15-18)29-3/h5-12,15H,4,14,16H2,1-3H3. The van der Waals surface area contributed by atoms with E-state index in [1.165, 1.54) is 25.2 Å². The number of aryl methyl sites for hydroxylation is 1. The average Bonchev–Trinajstić information content (AvgIpc) is 2.77. The summed E-state index contributed by atoms with van der Waals surface area (Å²) in [4.78, 5) is 26.0. The molecule has 156 valence electrons. The maximum atomic E-state index is 12.6. The number of nitrogens with zero attached hydrogens (tertiary/aromatic N) is 2. The van der Waals surface area contributed by atoms with E-state index >= 15 is 0 Å². The zero-order valence-electron chi connectivity index (χ0n) is 17.3. The maximum Gasteiger partial charge on any atom is 0.331 e. The van der Waals surface area contributed by atoms with Gasteiger partial charge in [0.25, 0.3) is 5.91 Å². The predicted octanol–water partition coefficient (Wildman–Crippen LogP) is 3.52. The maximum absolute atomic E-state index is 12.6. The number of carbonyl (C=O) groups is 2. The van der Waals surface area contributed by atoms with Crippen LogP contribution in [0.15, 0.2) is 48.5 Å². The third kappa shape index (κ3) is 6.38. The summed E-state index contributed by atoms with van der Waals surface area (Å²) < 4.78 is 15.5. The number of esters is 1. The molecule has 0 bridgehead atoms. The molecule has 30 heavy (non-hydrogen) atoms. The number of methoxy groups -OCH3 is 2. The van der Waals surface area contributed by atoms with E-state index in [0.29, 0.717) is 22.7 Å². The van der Waals surface area contributed by atoms with Gasteiger partial charge in [0, 0.05) is 18.3 Å². The summed E-state index contributed by atoms with van der Waals surface area (Å²) in [6, 6.07) is 14.6. The van der Waals surface area contributed by atoms with Crippen molar-refractivity contribution in [2.24, 2.45) is 0 Å². The largest absolute Gasteiger partial charge is 0.493 e. The van der Waals surface area contributed by atoms with Crippen molar-refractivity contribution in [2.75, 3.05) is 32.3 Å². The molecular weight excluding hydrogens is 384 g/mol. The highest BCUT2D eigenvalue weighted by Crippen LogP contribution is 2.28. The van der Waals surface area contributed by atoms with Crippen molar-refractivity contribution in [2.45, 2.75) is 13.3 Å². The molecule has 2 aromatic carbocycles. The second-order valence-electron chi connectivity index (χ2n) is 6.34. The Morgan fingerprint density at radius 2 is 1.77 bits per heavy atom. The second-order valence-corrected chi connectivity index (χ2v) is 6.34.